The molecule has 5 nitrogen and oxygen atoms in total. The van der Waals surface area contributed by atoms with Gasteiger partial charge in [-0.05, 0) is 54.3 Å². The van der Waals surface area contributed by atoms with Crippen LogP contribution in [0.3, 0.4) is 0 Å². The number of nitrogens with zero attached hydrogens (tertiary/aromatic N) is 2. The second kappa shape index (κ2) is 9.09. The van der Waals surface area contributed by atoms with Gasteiger partial charge in [-0.25, -0.2) is 4.39 Å². The van der Waals surface area contributed by atoms with Crippen molar-refractivity contribution in [1.29, 1.82) is 0 Å². The van der Waals surface area contributed by atoms with E-state index in [0.29, 0.717) is 16.8 Å². The zero-order valence-electron chi connectivity index (χ0n) is 17.9. The van der Waals surface area contributed by atoms with Crippen LogP contribution in [0.1, 0.15) is 34.3 Å². The number of benzene rings is 2. The Morgan fingerprint density at radius 2 is 2.00 bits per heavy atom. The topological polar surface area (TPSA) is 54.5 Å². The summed E-state index contributed by atoms with van der Waals surface area (Å²) < 4.78 is 19.0. The molecule has 1 fully saturated rings. The van der Waals surface area contributed by atoms with E-state index in [4.69, 9.17) is 4.74 Å². The van der Waals surface area contributed by atoms with Gasteiger partial charge in [-0.1, -0.05) is 24.3 Å². The molecule has 0 aliphatic carbocycles. The highest BCUT2D eigenvalue weighted by Crippen LogP contribution is 2.27. The number of carbonyl (C=O) groups is 1. The number of likely N-dealkylation sites (tertiary alicyclic amines) is 1. The molecule has 6 heteroatoms. The van der Waals surface area contributed by atoms with Crippen molar-refractivity contribution in [3.8, 4) is 17.0 Å². The lowest BCUT2D eigenvalue weighted by atomic mass is 10.0. The fourth-order valence-corrected chi connectivity index (χ4v) is 4.45. The number of ether oxygens (including phenoxy) is 1. The molecule has 32 heavy (non-hydrogen) atoms. The number of halogens is 1. The number of amides is 1. The number of carbonyl (C=O) groups excluding carboxylic acids is 1. The molecule has 1 amide bonds. The van der Waals surface area contributed by atoms with Crippen LogP contribution < -0.4 is 10.1 Å². The summed E-state index contributed by atoms with van der Waals surface area (Å²) in [5.41, 5.74) is 4.49. The van der Waals surface area contributed by atoms with Crippen LogP contribution in [0.4, 0.5) is 4.39 Å². The van der Waals surface area contributed by atoms with Crippen LogP contribution in [-0.4, -0.2) is 41.5 Å². The molecule has 164 valence electrons. The molecule has 1 aromatic heterocycles. The Labute approximate surface area is 187 Å². The van der Waals surface area contributed by atoms with Crippen LogP contribution in [-0.2, 0) is 13.0 Å². The van der Waals surface area contributed by atoms with Gasteiger partial charge in [0.05, 0.1) is 17.9 Å². The first-order valence-electron chi connectivity index (χ1n) is 11.1. The quantitative estimate of drug-likeness (QED) is 0.657. The smallest absolute Gasteiger partial charge is 0.253 e. The van der Waals surface area contributed by atoms with Crippen LogP contribution in [0.5, 0.6) is 5.75 Å². The maximum atomic E-state index is 13.4. The van der Waals surface area contributed by atoms with Crippen LogP contribution in [0.15, 0.2) is 60.8 Å². The summed E-state index contributed by atoms with van der Waals surface area (Å²) in [6.45, 7) is 3.62. The molecule has 0 bridgehead atoms. The first-order chi connectivity index (χ1) is 15.6. The molecule has 2 aliphatic rings. The predicted molar refractivity (Wildman–Crippen MR) is 121 cm³/mol. The van der Waals surface area contributed by atoms with Crippen molar-refractivity contribution in [3.63, 3.8) is 0 Å². The molecule has 2 aliphatic heterocycles. The minimum atomic E-state index is -0.303. The van der Waals surface area contributed by atoms with E-state index in [1.54, 1.807) is 30.5 Å². The number of hydrogen-bond donors (Lipinski definition) is 1. The van der Waals surface area contributed by atoms with Crippen LogP contribution in [0.2, 0.25) is 0 Å². The highest BCUT2D eigenvalue weighted by molar-refractivity contribution is 5.94. The summed E-state index contributed by atoms with van der Waals surface area (Å²) in [4.78, 5) is 19.4. The molecule has 2 aromatic carbocycles. The zero-order chi connectivity index (χ0) is 21.9. The van der Waals surface area contributed by atoms with Crippen molar-refractivity contribution in [3.05, 3.63) is 83.3 Å². The van der Waals surface area contributed by atoms with E-state index in [-0.39, 0.29) is 17.8 Å². The van der Waals surface area contributed by atoms with E-state index in [1.807, 2.05) is 0 Å². The number of piperidine rings is 1. The maximum absolute atomic E-state index is 13.4. The Hall–Kier alpha value is -3.25. The third-order valence-electron chi connectivity index (χ3n) is 6.23. The van der Waals surface area contributed by atoms with Crippen molar-refractivity contribution >= 4 is 5.91 Å². The van der Waals surface area contributed by atoms with Crippen molar-refractivity contribution in [1.82, 2.24) is 15.2 Å². The fourth-order valence-electron chi connectivity index (χ4n) is 4.45. The molecular weight excluding hydrogens is 405 g/mol. The fraction of sp³-hybridized carbons (Fsp3) is 0.308. The molecule has 0 unspecified atom stereocenters. The van der Waals surface area contributed by atoms with Crippen molar-refractivity contribution in [2.24, 2.45) is 0 Å². The second-order valence-corrected chi connectivity index (χ2v) is 8.51. The minimum absolute atomic E-state index is 0.111. The Bertz CT molecular complexity index is 1110. The standard InChI is InChI=1S/C26H26FN3O2/c27-22-3-1-2-19(15-22)24-6-5-21(16-28-24)26(31)29-23-8-11-30(12-9-23)17-18-4-7-25-20(14-18)10-13-32-25/h1-7,14-16,23H,8-13,17H2,(H,29,31). The third-order valence-corrected chi connectivity index (χ3v) is 6.23. The summed E-state index contributed by atoms with van der Waals surface area (Å²) >= 11 is 0. The Kier molecular flexibility index (Phi) is 5.86. The average molecular weight is 432 g/mol. The van der Waals surface area contributed by atoms with E-state index in [2.05, 4.69) is 33.4 Å². The van der Waals surface area contributed by atoms with E-state index in [9.17, 15) is 9.18 Å². The Morgan fingerprint density at radius 1 is 1.12 bits per heavy atom. The molecule has 3 heterocycles. The SMILES string of the molecule is O=C(NC1CCN(Cc2ccc3c(c2)CCO3)CC1)c1ccc(-c2cccc(F)c2)nc1. The second-order valence-electron chi connectivity index (χ2n) is 8.51. The van der Waals surface area contributed by atoms with Gasteiger partial charge in [-0.15, -0.1) is 0 Å². The van der Waals surface area contributed by atoms with Crippen molar-refractivity contribution < 1.29 is 13.9 Å². The Balaban J connectivity index is 1.13. The number of aromatic nitrogens is 1. The third kappa shape index (κ3) is 4.65. The molecule has 0 radical (unpaired) electrons. The lowest BCUT2D eigenvalue weighted by molar-refractivity contribution is 0.0908. The van der Waals surface area contributed by atoms with E-state index < -0.39 is 0 Å². The van der Waals surface area contributed by atoms with Crippen LogP contribution >= 0.6 is 0 Å². The largest absolute Gasteiger partial charge is 0.493 e. The van der Waals surface area contributed by atoms with Gasteiger partial charge < -0.3 is 10.1 Å². The number of fused-ring (bicyclic) bond motifs is 1. The normalized spacial score (nSPS) is 16.4. The summed E-state index contributed by atoms with van der Waals surface area (Å²) in [7, 11) is 0. The lowest BCUT2D eigenvalue weighted by Crippen LogP contribution is -2.44. The van der Waals surface area contributed by atoms with Gasteiger partial charge in [0.1, 0.15) is 11.6 Å². The number of pyridine rings is 1. The molecule has 3 aromatic rings. The van der Waals surface area contributed by atoms with Crippen molar-refractivity contribution in [2.75, 3.05) is 19.7 Å². The van der Waals surface area contributed by atoms with Gasteiger partial charge in [0, 0.05) is 43.9 Å². The predicted octanol–water partition coefficient (Wildman–Crippen LogP) is 4.22. The summed E-state index contributed by atoms with van der Waals surface area (Å²) in [5, 5.41) is 3.14. The molecule has 0 saturated carbocycles. The molecular formula is C26H26FN3O2. The molecule has 1 N–H and O–H groups in total. The van der Waals surface area contributed by atoms with Gasteiger partial charge >= 0.3 is 0 Å². The summed E-state index contributed by atoms with van der Waals surface area (Å²) in [5.74, 6) is 0.608. The van der Waals surface area contributed by atoms with E-state index in [0.717, 1.165) is 51.3 Å². The first-order valence-corrected chi connectivity index (χ1v) is 11.1. The van der Waals surface area contributed by atoms with Gasteiger partial charge in [0.15, 0.2) is 0 Å². The van der Waals surface area contributed by atoms with E-state index >= 15 is 0 Å². The molecule has 5 rings (SSSR count). The summed E-state index contributed by atoms with van der Waals surface area (Å²) in [6, 6.07) is 16.4. The molecule has 0 spiro atoms. The average Bonchev–Trinajstić information content (AvgIpc) is 3.28. The van der Waals surface area contributed by atoms with Gasteiger partial charge in [0.2, 0.25) is 0 Å². The monoisotopic (exact) mass is 431 g/mol. The highest BCUT2D eigenvalue weighted by atomic mass is 19.1. The number of nitrogens with one attached hydrogen (secondary N) is 1. The Morgan fingerprint density at radius 3 is 2.78 bits per heavy atom. The van der Waals surface area contributed by atoms with Gasteiger partial charge in [-0.3, -0.25) is 14.7 Å². The maximum Gasteiger partial charge on any atom is 0.253 e. The summed E-state index contributed by atoms with van der Waals surface area (Å²) in [6.07, 6.45) is 4.40. The minimum Gasteiger partial charge on any atom is -0.493 e. The zero-order valence-corrected chi connectivity index (χ0v) is 17.9. The number of rotatable bonds is 5. The van der Waals surface area contributed by atoms with Crippen LogP contribution in [0, 0.1) is 5.82 Å². The molecule has 1 saturated heterocycles. The van der Waals surface area contributed by atoms with Gasteiger partial charge in [0.25, 0.3) is 5.91 Å². The molecule has 0 atom stereocenters. The number of hydrogen-bond acceptors (Lipinski definition) is 4. The van der Waals surface area contributed by atoms with Gasteiger partial charge in [-0.2, -0.15) is 0 Å². The first kappa shape index (κ1) is 20.6. The van der Waals surface area contributed by atoms with Crippen LogP contribution in [0.25, 0.3) is 11.3 Å². The highest BCUT2D eigenvalue weighted by Gasteiger charge is 2.22. The lowest BCUT2D eigenvalue weighted by Gasteiger charge is -2.32. The van der Waals surface area contributed by atoms with E-state index in [1.165, 1.54) is 23.3 Å². The van der Waals surface area contributed by atoms with Crippen molar-refractivity contribution in [2.45, 2.75) is 31.8 Å².